The molecular formula is C11H22N2. The maximum absolute atomic E-state index is 2.64. The monoisotopic (exact) mass is 182 g/mol. The van der Waals surface area contributed by atoms with Gasteiger partial charge in [0.2, 0.25) is 0 Å². The van der Waals surface area contributed by atoms with Crippen LogP contribution in [0.25, 0.3) is 0 Å². The van der Waals surface area contributed by atoms with E-state index < -0.39 is 0 Å². The van der Waals surface area contributed by atoms with Crippen molar-refractivity contribution in [3.63, 3.8) is 0 Å². The average Bonchev–Trinajstić information content (AvgIpc) is 2.65. The van der Waals surface area contributed by atoms with E-state index in [1.807, 2.05) is 0 Å². The van der Waals surface area contributed by atoms with Gasteiger partial charge < -0.3 is 0 Å². The van der Waals surface area contributed by atoms with Crippen LogP contribution in [-0.2, 0) is 0 Å². The molecule has 13 heavy (non-hydrogen) atoms. The molecule has 0 aromatic carbocycles. The molecule has 0 spiro atoms. The van der Waals surface area contributed by atoms with Crippen LogP contribution in [0.3, 0.4) is 0 Å². The molecule has 76 valence electrons. The van der Waals surface area contributed by atoms with Crippen LogP contribution in [0.2, 0.25) is 0 Å². The van der Waals surface area contributed by atoms with Crippen LogP contribution < -0.4 is 0 Å². The third-order valence-electron chi connectivity index (χ3n) is 3.74. The number of likely N-dealkylation sites (tertiary alicyclic amines) is 2. The summed E-state index contributed by atoms with van der Waals surface area (Å²) in [5, 5.41) is 0. The molecule has 2 saturated heterocycles. The minimum absolute atomic E-state index is 0.827. The molecule has 2 nitrogen and oxygen atoms in total. The van der Waals surface area contributed by atoms with Gasteiger partial charge in [-0.05, 0) is 52.6 Å². The second-order valence-electron chi connectivity index (χ2n) is 4.75. The quantitative estimate of drug-likeness (QED) is 0.643. The third-order valence-corrected chi connectivity index (χ3v) is 3.74. The van der Waals surface area contributed by atoms with E-state index in [2.05, 4.69) is 23.6 Å². The molecule has 0 saturated carbocycles. The average molecular weight is 182 g/mol. The van der Waals surface area contributed by atoms with Gasteiger partial charge in [0, 0.05) is 12.1 Å². The van der Waals surface area contributed by atoms with Crippen LogP contribution in [0.4, 0.5) is 0 Å². The first kappa shape index (κ1) is 9.47. The number of hydrogen-bond acceptors (Lipinski definition) is 2. The van der Waals surface area contributed by atoms with E-state index in [1.165, 1.54) is 45.4 Å². The zero-order valence-electron chi connectivity index (χ0n) is 9.00. The topological polar surface area (TPSA) is 6.48 Å². The van der Waals surface area contributed by atoms with Gasteiger partial charge in [0.15, 0.2) is 0 Å². The van der Waals surface area contributed by atoms with Crippen LogP contribution in [-0.4, -0.2) is 41.6 Å². The van der Waals surface area contributed by atoms with Gasteiger partial charge >= 0.3 is 0 Å². The maximum Gasteiger partial charge on any atom is 0.0511 e. The van der Waals surface area contributed by atoms with Crippen molar-refractivity contribution in [1.82, 2.24) is 9.80 Å². The summed E-state index contributed by atoms with van der Waals surface area (Å²) >= 11 is 0. The predicted octanol–water partition coefficient (Wildman–Crippen LogP) is 1.91. The van der Waals surface area contributed by atoms with Crippen molar-refractivity contribution in [3.8, 4) is 0 Å². The highest BCUT2D eigenvalue weighted by atomic mass is 15.3. The lowest BCUT2D eigenvalue weighted by molar-refractivity contribution is 0.122. The van der Waals surface area contributed by atoms with Crippen molar-refractivity contribution in [2.45, 2.75) is 51.6 Å². The highest BCUT2D eigenvalue weighted by molar-refractivity contribution is 4.80. The first-order valence-electron chi connectivity index (χ1n) is 5.75. The molecule has 2 heterocycles. The molecule has 2 fully saturated rings. The van der Waals surface area contributed by atoms with Crippen LogP contribution in [0, 0.1) is 0 Å². The summed E-state index contributed by atoms with van der Waals surface area (Å²) < 4.78 is 0. The van der Waals surface area contributed by atoms with Crippen molar-refractivity contribution >= 4 is 0 Å². The fourth-order valence-corrected chi connectivity index (χ4v) is 2.64. The SMILES string of the molecule is CC1CCCN1CN1CCCC1C. The van der Waals surface area contributed by atoms with Crippen molar-refractivity contribution in [3.05, 3.63) is 0 Å². The Morgan fingerprint density at radius 1 is 0.923 bits per heavy atom. The molecule has 0 aromatic heterocycles. The van der Waals surface area contributed by atoms with E-state index in [-0.39, 0.29) is 0 Å². The fourth-order valence-electron chi connectivity index (χ4n) is 2.64. The van der Waals surface area contributed by atoms with E-state index in [1.54, 1.807) is 0 Å². The molecule has 0 aromatic rings. The molecule has 0 bridgehead atoms. The standard InChI is InChI=1S/C11H22N2/c1-10-5-3-7-12(10)9-13-8-4-6-11(13)2/h10-11H,3-9H2,1-2H3. The molecule has 2 aliphatic heterocycles. The lowest BCUT2D eigenvalue weighted by atomic mass is 10.2. The normalized spacial score (nSPS) is 37.4. The van der Waals surface area contributed by atoms with E-state index >= 15 is 0 Å². The van der Waals surface area contributed by atoms with Gasteiger partial charge in [-0.2, -0.15) is 0 Å². The van der Waals surface area contributed by atoms with Crippen LogP contribution in [0.1, 0.15) is 39.5 Å². The van der Waals surface area contributed by atoms with Crippen LogP contribution >= 0.6 is 0 Å². The van der Waals surface area contributed by atoms with Crippen LogP contribution in [0.5, 0.6) is 0 Å². The summed E-state index contributed by atoms with van der Waals surface area (Å²) in [5.41, 5.74) is 0. The van der Waals surface area contributed by atoms with Crippen LogP contribution in [0.15, 0.2) is 0 Å². The summed E-state index contributed by atoms with van der Waals surface area (Å²) in [6, 6.07) is 1.65. The van der Waals surface area contributed by atoms with Crippen molar-refractivity contribution in [2.24, 2.45) is 0 Å². The largest absolute Gasteiger partial charge is 0.288 e. The van der Waals surface area contributed by atoms with Gasteiger partial charge in [0.1, 0.15) is 0 Å². The molecule has 2 atom stereocenters. The minimum Gasteiger partial charge on any atom is -0.288 e. The maximum atomic E-state index is 2.64. The second kappa shape index (κ2) is 3.97. The van der Waals surface area contributed by atoms with Crippen molar-refractivity contribution in [1.29, 1.82) is 0 Å². The Morgan fingerprint density at radius 2 is 1.38 bits per heavy atom. The molecule has 0 amide bonds. The first-order chi connectivity index (χ1) is 6.27. The molecule has 0 aliphatic carbocycles. The molecule has 2 aliphatic rings. The molecule has 2 unspecified atom stereocenters. The Labute approximate surface area is 81.9 Å². The summed E-state index contributed by atoms with van der Waals surface area (Å²) in [4.78, 5) is 5.28. The zero-order chi connectivity index (χ0) is 9.26. The van der Waals surface area contributed by atoms with Gasteiger partial charge in [-0.25, -0.2) is 0 Å². The molecule has 0 N–H and O–H groups in total. The Hall–Kier alpha value is -0.0800. The van der Waals surface area contributed by atoms with Crippen molar-refractivity contribution < 1.29 is 0 Å². The van der Waals surface area contributed by atoms with Gasteiger partial charge in [-0.15, -0.1) is 0 Å². The zero-order valence-corrected chi connectivity index (χ0v) is 9.00. The third kappa shape index (κ3) is 2.05. The minimum atomic E-state index is 0.827. The predicted molar refractivity (Wildman–Crippen MR) is 55.7 cm³/mol. The molecular weight excluding hydrogens is 160 g/mol. The molecule has 0 radical (unpaired) electrons. The lowest BCUT2D eigenvalue weighted by Gasteiger charge is -2.29. The second-order valence-corrected chi connectivity index (χ2v) is 4.75. The fraction of sp³-hybridized carbons (Fsp3) is 1.00. The Kier molecular flexibility index (Phi) is 2.89. The highest BCUT2D eigenvalue weighted by Crippen LogP contribution is 2.21. The number of hydrogen-bond donors (Lipinski definition) is 0. The van der Waals surface area contributed by atoms with Gasteiger partial charge in [-0.1, -0.05) is 0 Å². The molecule has 2 rings (SSSR count). The Balaban J connectivity index is 1.82. The van der Waals surface area contributed by atoms with E-state index in [4.69, 9.17) is 0 Å². The van der Waals surface area contributed by atoms with Gasteiger partial charge in [0.25, 0.3) is 0 Å². The smallest absolute Gasteiger partial charge is 0.0511 e. The summed E-state index contributed by atoms with van der Waals surface area (Å²) in [5.74, 6) is 0. The van der Waals surface area contributed by atoms with E-state index in [9.17, 15) is 0 Å². The highest BCUT2D eigenvalue weighted by Gasteiger charge is 2.26. The number of rotatable bonds is 2. The molecule has 2 heteroatoms. The van der Waals surface area contributed by atoms with Gasteiger partial charge in [0.05, 0.1) is 6.67 Å². The Morgan fingerprint density at radius 3 is 1.69 bits per heavy atom. The number of nitrogens with zero attached hydrogens (tertiary/aromatic N) is 2. The lowest BCUT2D eigenvalue weighted by Crippen LogP contribution is -2.40. The Bertz CT molecular complexity index is 151. The first-order valence-corrected chi connectivity index (χ1v) is 5.75. The summed E-state index contributed by atoms with van der Waals surface area (Å²) in [7, 11) is 0. The van der Waals surface area contributed by atoms with E-state index in [0.717, 1.165) is 12.1 Å². The summed E-state index contributed by atoms with van der Waals surface area (Å²) in [6.45, 7) is 8.61. The van der Waals surface area contributed by atoms with Gasteiger partial charge in [-0.3, -0.25) is 9.80 Å². The summed E-state index contributed by atoms with van der Waals surface area (Å²) in [6.07, 6.45) is 5.62. The van der Waals surface area contributed by atoms with Crippen molar-refractivity contribution in [2.75, 3.05) is 19.8 Å². The van der Waals surface area contributed by atoms with E-state index in [0.29, 0.717) is 0 Å².